The molecular formula is C14H12O3. The van der Waals surface area contributed by atoms with Crippen molar-refractivity contribution in [1.29, 1.82) is 0 Å². The van der Waals surface area contributed by atoms with E-state index in [0.717, 1.165) is 16.7 Å². The standard InChI is InChI=1S/C14H12O3/c1-9-12(3-2-4-13(9)14(16)17)10-5-7-11(15)8-6-10/h2-8,15H,1H3,(H,16,17). The maximum absolute atomic E-state index is 11.0. The maximum atomic E-state index is 11.0. The minimum atomic E-state index is -0.928. The fourth-order valence-electron chi connectivity index (χ4n) is 1.82. The van der Waals surface area contributed by atoms with Crippen LogP contribution in [0, 0.1) is 6.92 Å². The second-order valence-electron chi connectivity index (χ2n) is 3.83. The average Bonchev–Trinajstić information content (AvgIpc) is 2.30. The first kappa shape index (κ1) is 11.2. The number of rotatable bonds is 2. The van der Waals surface area contributed by atoms with Crippen LogP contribution in [-0.4, -0.2) is 16.2 Å². The molecule has 3 heteroatoms. The van der Waals surface area contributed by atoms with Gasteiger partial charge in [-0.3, -0.25) is 0 Å². The second kappa shape index (κ2) is 4.29. The number of hydrogen-bond donors (Lipinski definition) is 2. The van der Waals surface area contributed by atoms with Crippen molar-refractivity contribution < 1.29 is 15.0 Å². The van der Waals surface area contributed by atoms with Crippen molar-refractivity contribution >= 4 is 5.97 Å². The Hall–Kier alpha value is -2.29. The molecule has 0 aliphatic rings. The summed E-state index contributed by atoms with van der Waals surface area (Å²) >= 11 is 0. The lowest BCUT2D eigenvalue weighted by Crippen LogP contribution is -2.00. The molecule has 0 aliphatic heterocycles. The number of aromatic hydroxyl groups is 1. The molecule has 0 saturated heterocycles. The molecule has 0 aromatic heterocycles. The van der Waals surface area contributed by atoms with Crippen LogP contribution < -0.4 is 0 Å². The van der Waals surface area contributed by atoms with E-state index in [0.29, 0.717) is 5.56 Å². The van der Waals surface area contributed by atoms with Crippen molar-refractivity contribution in [3.05, 3.63) is 53.6 Å². The Bertz CT molecular complexity index is 556. The van der Waals surface area contributed by atoms with Gasteiger partial charge in [-0.15, -0.1) is 0 Å². The number of carboxylic acids is 1. The van der Waals surface area contributed by atoms with E-state index >= 15 is 0 Å². The number of phenolic OH excluding ortho intramolecular Hbond substituents is 1. The largest absolute Gasteiger partial charge is 0.508 e. The highest BCUT2D eigenvalue weighted by Gasteiger charge is 2.10. The molecule has 2 rings (SSSR count). The van der Waals surface area contributed by atoms with Crippen LogP contribution in [0.4, 0.5) is 0 Å². The summed E-state index contributed by atoms with van der Waals surface area (Å²) in [6.07, 6.45) is 0. The monoisotopic (exact) mass is 228 g/mol. The highest BCUT2D eigenvalue weighted by atomic mass is 16.4. The van der Waals surface area contributed by atoms with E-state index in [1.165, 1.54) is 0 Å². The van der Waals surface area contributed by atoms with Gasteiger partial charge in [-0.05, 0) is 41.8 Å². The summed E-state index contributed by atoms with van der Waals surface area (Å²) in [7, 11) is 0. The van der Waals surface area contributed by atoms with Crippen molar-refractivity contribution in [2.45, 2.75) is 6.92 Å². The molecule has 0 unspecified atom stereocenters. The van der Waals surface area contributed by atoms with Gasteiger partial charge >= 0.3 is 5.97 Å². The smallest absolute Gasteiger partial charge is 0.335 e. The zero-order valence-corrected chi connectivity index (χ0v) is 9.34. The van der Waals surface area contributed by atoms with Gasteiger partial charge in [0.05, 0.1) is 5.56 Å². The summed E-state index contributed by atoms with van der Waals surface area (Å²) < 4.78 is 0. The highest BCUT2D eigenvalue weighted by Crippen LogP contribution is 2.27. The summed E-state index contributed by atoms with van der Waals surface area (Å²) in [5, 5.41) is 18.3. The van der Waals surface area contributed by atoms with Crippen LogP contribution in [0.1, 0.15) is 15.9 Å². The molecule has 0 spiro atoms. The van der Waals surface area contributed by atoms with E-state index in [4.69, 9.17) is 5.11 Å². The summed E-state index contributed by atoms with van der Waals surface area (Å²) in [6.45, 7) is 1.78. The Morgan fingerprint density at radius 1 is 1.06 bits per heavy atom. The molecule has 0 amide bonds. The molecule has 0 heterocycles. The van der Waals surface area contributed by atoms with E-state index in [9.17, 15) is 9.90 Å². The lowest BCUT2D eigenvalue weighted by atomic mass is 9.96. The lowest BCUT2D eigenvalue weighted by molar-refractivity contribution is 0.0696. The van der Waals surface area contributed by atoms with E-state index in [-0.39, 0.29) is 5.75 Å². The Kier molecular flexibility index (Phi) is 2.83. The Morgan fingerprint density at radius 2 is 1.71 bits per heavy atom. The molecule has 0 bridgehead atoms. The van der Waals surface area contributed by atoms with Crippen molar-refractivity contribution in [1.82, 2.24) is 0 Å². The van der Waals surface area contributed by atoms with Gasteiger partial charge < -0.3 is 10.2 Å². The Balaban J connectivity index is 2.56. The molecular weight excluding hydrogens is 216 g/mol. The summed E-state index contributed by atoms with van der Waals surface area (Å²) in [5.74, 6) is -0.732. The van der Waals surface area contributed by atoms with Crippen LogP contribution in [0.25, 0.3) is 11.1 Å². The Morgan fingerprint density at radius 3 is 2.29 bits per heavy atom. The summed E-state index contributed by atoms with van der Waals surface area (Å²) in [4.78, 5) is 11.0. The number of phenols is 1. The topological polar surface area (TPSA) is 57.5 Å². The molecule has 17 heavy (non-hydrogen) atoms. The van der Waals surface area contributed by atoms with E-state index in [1.807, 2.05) is 6.07 Å². The van der Waals surface area contributed by atoms with Gasteiger partial charge in [0.15, 0.2) is 0 Å². The van der Waals surface area contributed by atoms with Crippen LogP contribution in [0.15, 0.2) is 42.5 Å². The molecule has 3 nitrogen and oxygen atoms in total. The zero-order chi connectivity index (χ0) is 12.4. The molecule has 2 N–H and O–H groups in total. The van der Waals surface area contributed by atoms with Crippen molar-refractivity contribution in [3.8, 4) is 16.9 Å². The summed E-state index contributed by atoms with van der Waals surface area (Å²) in [5.41, 5.74) is 2.79. The third kappa shape index (κ3) is 2.13. The summed E-state index contributed by atoms with van der Waals surface area (Å²) in [6, 6.07) is 11.9. The highest BCUT2D eigenvalue weighted by molar-refractivity contribution is 5.92. The minimum absolute atomic E-state index is 0.195. The van der Waals surface area contributed by atoms with Gasteiger partial charge in [-0.1, -0.05) is 24.3 Å². The SMILES string of the molecule is Cc1c(C(=O)O)cccc1-c1ccc(O)cc1. The van der Waals surface area contributed by atoms with Gasteiger partial charge in [0.2, 0.25) is 0 Å². The lowest BCUT2D eigenvalue weighted by Gasteiger charge is -2.08. The number of carbonyl (C=O) groups is 1. The third-order valence-electron chi connectivity index (χ3n) is 2.74. The average molecular weight is 228 g/mol. The minimum Gasteiger partial charge on any atom is -0.508 e. The van der Waals surface area contributed by atoms with Crippen LogP contribution in [0.3, 0.4) is 0 Å². The van der Waals surface area contributed by atoms with Crippen LogP contribution in [0.5, 0.6) is 5.75 Å². The number of hydrogen-bond acceptors (Lipinski definition) is 2. The number of aromatic carboxylic acids is 1. The van der Waals surface area contributed by atoms with Gasteiger partial charge in [0.1, 0.15) is 5.75 Å². The van der Waals surface area contributed by atoms with Gasteiger partial charge in [-0.2, -0.15) is 0 Å². The number of carboxylic acid groups (broad SMARTS) is 1. The Labute approximate surface area is 99.0 Å². The van der Waals surface area contributed by atoms with E-state index in [1.54, 1.807) is 43.3 Å². The van der Waals surface area contributed by atoms with Crippen LogP contribution in [-0.2, 0) is 0 Å². The maximum Gasteiger partial charge on any atom is 0.335 e. The normalized spacial score (nSPS) is 10.2. The predicted octanol–water partition coefficient (Wildman–Crippen LogP) is 3.07. The molecule has 0 aliphatic carbocycles. The van der Waals surface area contributed by atoms with Gasteiger partial charge in [-0.25, -0.2) is 4.79 Å². The van der Waals surface area contributed by atoms with Gasteiger partial charge in [0, 0.05) is 0 Å². The zero-order valence-electron chi connectivity index (χ0n) is 9.34. The van der Waals surface area contributed by atoms with Crippen LogP contribution in [0.2, 0.25) is 0 Å². The predicted molar refractivity (Wildman–Crippen MR) is 65.2 cm³/mol. The third-order valence-corrected chi connectivity index (χ3v) is 2.74. The second-order valence-corrected chi connectivity index (χ2v) is 3.83. The van der Waals surface area contributed by atoms with Crippen molar-refractivity contribution in [2.75, 3.05) is 0 Å². The molecule has 0 radical (unpaired) electrons. The van der Waals surface area contributed by atoms with Crippen molar-refractivity contribution in [2.24, 2.45) is 0 Å². The first-order valence-corrected chi connectivity index (χ1v) is 5.22. The number of benzene rings is 2. The fraction of sp³-hybridized carbons (Fsp3) is 0.0714. The van der Waals surface area contributed by atoms with E-state index < -0.39 is 5.97 Å². The molecule has 0 fully saturated rings. The van der Waals surface area contributed by atoms with E-state index in [2.05, 4.69) is 0 Å². The van der Waals surface area contributed by atoms with Gasteiger partial charge in [0.25, 0.3) is 0 Å². The molecule has 86 valence electrons. The molecule has 2 aromatic rings. The quantitative estimate of drug-likeness (QED) is 0.830. The molecule has 0 atom stereocenters. The molecule has 0 saturated carbocycles. The fourth-order valence-corrected chi connectivity index (χ4v) is 1.82. The first-order chi connectivity index (χ1) is 8.09. The van der Waals surface area contributed by atoms with Crippen molar-refractivity contribution in [3.63, 3.8) is 0 Å². The van der Waals surface area contributed by atoms with Crippen LogP contribution >= 0.6 is 0 Å². The first-order valence-electron chi connectivity index (χ1n) is 5.22. The molecule has 2 aromatic carbocycles.